The van der Waals surface area contributed by atoms with Crippen molar-refractivity contribution in [3.63, 3.8) is 0 Å². The molecule has 1 saturated heterocycles. The monoisotopic (exact) mass is 401 g/mol. The number of aliphatic hydroxyl groups is 2. The van der Waals surface area contributed by atoms with Gasteiger partial charge in [0, 0.05) is 5.92 Å². The van der Waals surface area contributed by atoms with Crippen LogP contribution in [0.3, 0.4) is 0 Å². The molecule has 0 bridgehead atoms. The van der Waals surface area contributed by atoms with Crippen LogP contribution in [0.2, 0.25) is 0 Å². The molecule has 29 heavy (non-hydrogen) atoms. The molecule has 1 fully saturated rings. The summed E-state index contributed by atoms with van der Waals surface area (Å²) < 4.78 is 7.30. The van der Waals surface area contributed by atoms with Gasteiger partial charge in [0.1, 0.15) is 36.8 Å². The molecule has 10 heteroatoms. The van der Waals surface area contributed by atoms with Crippen LogP contribution in [0.15, 0.2) is 43.0 Å². The zero-order chi connectivity index (χ0) is 20.4. The summed E-state index contributed by atoms with van der Waals surface area (Å²) in [6.07, 6.45) is -1.28. The summed E-state index contributed by atoms with van der Waals surface area (Å²) in [5, 5.41) is 20.8. The number of fused-ring (bicyclic) bond motifs is 1. The first-order valence-corrected chi connectivity index (χ1v) is 9.30. The summed E-state index contributed by atoms with van der Waals surface area (Å²) in [5.74, 6) is 0.369. The first-order valence-electron chi connectivity index (χ1n) is 9.30. The Hall–Kier alpha value is -2.63. The zero-order valence-electron chi connectivity index (χ0n) is 15.8. The number of benzene rings is 1. The van der Waals surface area contributed by atoms with Gasteiger partial charge in [-0.3, -0.25) is 4.57 Å². The number of nitrogens with zero attached hydrogens (tertiary/aromatic N) is 4. The van der Waals surface area contributed by atoms with E-state index >= 15 is 0 Å². The lowest BCUT2D eigenvalue weighted by molar-refractivity contribution is -0.311. The zero-order valence-corrected chi connectivity index (χ0v) is 15.8. The van der Waals surface area contributed by atoms with Crippen LogP contribution in [-0.4, -0.2) is 61.3 Å². The number of anilines is 1. The highest BCUT2D eigenvalue weighted by atomic mass is 17.2. The highest BCUT2D eigenvalue weighted by Crippen LogP contribution is 2.32. The Kier molecular flexibility index (Phi) is 5.69. The maximum atomic E-state index is 10.4. The molecule has 4 rings (SSSR count). The predicted molar refractivity (Wildman–Crippen MR) is 102 cm³/mol. The lowest BCUT2D eigenvalue weighted by atomic mass is 10.0. The molecule has 1 aliphatic heterocycles. The second-order valence-electron chi connectivity index (χ2n) is 7.01. The van der Waals surface area contributed by atoms with Crippen LogP contribution < -0.4 is 5.73 Å². The van der Waals surface area contributed by atoms with E-state index in [1.807, 2.05) is 37.3 Å². The molecule has 0 amide bonds. The molecule has 0 saturated carbocycles. The van der Waals surface area contributed by atoms with Gasteiger partial charge in [-0.2, -0.15) is 0 Å². The molecule has 3 heterocycles. The third-order valence-electron chi connectivity index (χ3n) is 5.00. The number of imidazole rings is 1. The number of aromatic nitrogens is 4. The van der Waals surface area contributed by atoms with Crippen molar-refractivity contribution in [3.8, 4) is 0 Å². The maximum absolute atomic E-state index is 10.4. The summed E-state index contributed by atoms with van der Waals surface area (Å²) in [6.45, 7) is 2.33. The molecular formula is C19H23N5O5. The van der Waals surface area contributed by atoms with Gasteiger partial charge < -0.3 is 20.7 Å². The third kappa shape index (κ3) is 3.93. The van der Waals surface area contributed by atoms with E-state index in [2.05, 4.69) is 15.0 Å². The van der Waals surface area contributed by atoms with Gasteiger partial charge in [0.15, 0.2) is 17.7 Å². The Morgan fingerprint density at radius 1 is 1.14 bits per heavy atom. The van der Waals surface area contributed by atoms with Crippen LogP contribution in [0.4, 0.5) is 5.82 Å². The number of rotatable bonds is 7. The molecular weight excluding hydrogens is 378 g/mol. The van der Waals surface area contributed by atoms with Crippen LogP contribution in [-0.2, 0) is 14.5 Å². The fourth-order valence-electron chi connectivity index (χ4n) is 3.30. The van der Waals surface area contributed by atoms with E-state index in [-0.39, 0.29) is 18.3 Å². The Morgan fingerprint density at radius 2 is 1.93 bits per heavy atom. The lowest BCUT2D eigenvalue weighted by Gasteiger charge is -2.16. The standard InChI is InChI=1S/C19H23N5O5/c1-11(12-5-3-2-4-6-12)7-27-28-8-13-15(25)16(26)19(29-13)24-10-23-14-17(20)21-9-22-18(14)24/h2-6,9-11,13,15-16,19,25-26H,7-8H2,1H3,(H2,20,21,22)/t11?,13-,15-,16-,19-/m1/s1. The molecule has 1 aliphatic rings. The topological polar surface area (TPSA) is 138 Å². The first-order chi connectivity index (χ1) is 14.1. The molecule has 10 nitrogen and oxygen atoms in total. The lowest BCUT2D eigenvalue weighted by Crippen LogP contribution is -2.34. The highest BCUT2D eigenvalue weighted by molar-refractivity contribution is 5.81. The van der Waals surface area contributed by atoms with Gasteiger partial charge in [0.25, 0.3) is 0 Å². The van der Waals surface area contributed by atoms with Crippen molar-refractivity contribution in [2.24, 2.45) is 0 Å². The fourth-order valence-corrected chi connectivity index (χ4v) is 3.30. The molecule has 154 valence electrons. The van der Waals surface area contributed by atoms with E-state index in [1.54, 1.807) is 0 Å². The third-order valence-corrected chi connectivity index (χ3v) is 5.00. The highest BCUT2D eigenvalue weighted by Gasteiger charge is 2.44. The molecule has 4 N–H and O–H groups in total. The van der Waals surface area contributed by atoms with Crippen molar-refractivity contribution >= 4 is 17.0 Å². The molecule has 0 aliphatic carbocycles. The summed E-state index contributed by atoms with van der Waals surface area (Å²) in [7, 11) is 0. The van der Waals surface area contributed by atoms with Gasteiger partial charge in [0.05, 0.1) is 12.9 Å². The van der Waals surface area contributed by atoms with Crippen molar-refractivity contribution in [1.82, 2.24) is 19.5 Å². The number of nitrogens with two attached hydrogens (primary N) is 1. The van der Waals surface area contributed by atoms with Crippen LogP contribution in [0.1, 0.15) is 24.6 Å². The maximum Gasteiger partial charge on any atom is 0.167 e. The van der Waals surface area contributed by atoms with Crippen molar-refractivity contribution < 1.29 is 24.7 Å². The Bertz CT molecular complexity index is 953. The number of nitrogen functional groups attached to an aromatic ring is 1. The molecule has 2 aromatic heterocycles. The summed E-state index contributed by atoms with van der Waals surface area (Å²) in [5.41, 5.74) is 7.73. The van der Waals surface area contributed by atoms with Crippen LogP contribution in [0.25, 0.3) is 11.2 Å². The fraction of sp³-hybridized carbons (Fsp3) is 0.421. The smallest absolute Gasteiger partial charge is 0.167 e. The largest absolute Gasteiger partial charge is 0.387 e. The van der Waals surface area contributed by atoms with Crippen LogP contribution in [0, 0.1) is 0 Å². The Morgan fingerprint density at radius 3 is 2.72 bits per heavy atom. The van der Waals surface area contributed by atoms with Crippen LogP contribution in [0.5, 0.6) is 0 Å². The molecule has 5 atom stereocenters. The number of hydrogen-bond donors (Lipinski definition) is 3. The number of aliphatic hydroxyl groups excluding tert-OH is 2. The van der Waals surface area contributed by atoms with Gasteiger partial charge in [-0.1, -0.05) is 37.3 Å². The number of ether oxygens (including phenoxy) is 1. The normalized spacial score (nSPS) is 25.5. The van der Waals surface area contributed by atoms with E-state index in [0.29, 0.717) is 17.8 Å². The van der Waals surface area contributed by atoms with Crippen molar-refractivity contribution in [2.45, 2.75) is 37.4 Å². The minimum atomic E-state index is -1.19. The Balaban J connectivity index is 1.34. The van der Waals surface area contributed by atoms with Gasteiger partial charge in [-0.05, 0) is 5.56 Å². The van der Waals surface area contributed by atoms with Gasteiger partial charge in [-0.15, -0.1) is 0 Å². The van der Waals surface area contributed by atoms with Crippen LogP contribution >= 0.6 is 0 Å². The van der Waals surface area contributed by atoms with E-state index in [0.717, 1.165) is 5.56 Å². The minimum Gasteiger partial charge on any atom is -0.387 e. The molecule has 0 radical (unpaired) electrons. The predicted octanol–water partition coefficient (Wildman–Crippen LogP) is 0.780. The van der Waals surface area contributed by atoms with E-state index in [1.165, 1.54) is 17.2 Å². The summed E-state index contributed by atoms with van der Waals surface area (Å²) >= 11 is 0. The Labute approximate surface area is 166 Å². The van der Waals surface area contributed by atoms with Crippen molar-refractivity contribution in [1.29, 1.82) is 0 Å². The van der Waals surface area contributed by atoms with Gasteiger partial charge in [-0.25, -0.2) is 24.7 Å². The van der Waals surface area contributed by atoms with E-state index < -0.39 is 24.5 Å². The summed E-state index contributed by atoms with van der Waals surface area (Å²) in [6, 6.07) is 9.93. The average molecular weight is 401 g/mol. The van der Waals surface area contributed by atoms with E-state index in [4.69, 9.17) is 20.2 Å². The molecule has 1 unspecified atom stereocenters. The van der Waals surface area contributed by atoms with Crippen molar-refractivity contribution in [2.75, 3.05) is 18.9 Å². The van der Waals surface area contributed by atoms with Gasteiger partial charge >= 0.3 is 0 Å². The summed E-state index contributed by atoms with van der Waals surface area (Å²) in [4.78, 5) is 22.7. The second-order valence-corrected chi connectivity index (χ2v) is 7.01. The molecule has 0 spiro atoms. The molecule has 1 aromatic carbocycles. The van der Waals surface area contributed by atoms with E-state index in [9.17, 15) is 10.2 Å². The molecule has 3 aromatic rings. The quantitative estimate of drug-likeness (QED) is 0.298. The minimum absolute atomic E-state index is 0.0417. The van der Waals surface area contributed by atoms with Gasteiger partial charge in [0.2, 0.25) is 0 Å². The van der Waals surface area contributed by atoms with Crippen molar-refractivity contribution in [3.05, 3.63) is 48.5 Å². The SMILES string of the molecule is CC(COOC[C@H]1O[C@@H](n2cnc3c(N)ncnc32)[C@H](O)[C@@H]1O)c1ccccc1. The average Bonchev–Trinajstić information content (AvgIpc) is 3.29. The number of hydrogen-bond acceptors (Lipinski definition) is 9. The second kappa shape index (κ2) is 8.39. The first kappa shape index (κ1) is 19.7.